The van der Waals surface area contributed by atoms with Gasteiger partial charge in [-0.1, -0.05) is 11.6 Å². The van der Waals surface area contributed by atoms with Crippen LogP contribution >= 0.6 is 11.6 Å². The van der Waals surface area contributed by atoms with Gasteiger partial charge in [-0.3, -0.25) is 4.90 Å². The Bertz CT molecular complexity index is 1500. The van der Waals surface area contributed by atoms with Crippen LogP contribution in [0.15, 0.2) is 89.6 Å². The number of nitrogens with zero attached hydrogens (tertiary/aromatic N) is 5. The number of hydrogen-bond acceptors (Lipinski definition) is 8. The molecule has 0 radical (unpaired) electrons. The molecule has 1 aliphatic heterocycles. The fourth-order valence-corrected chi connectivity index (χ4v) is 4.66. The minimum absolute atomic E-state index is 0.556. The van der Waals surface area contributed by atoms with Crippen molar-refractivity contribution in [2.75, 3.05) is 44.2 Å². The molecule has 0 bridgehead atoms. The van der Waals surface area contributed by atoms with Crippen molar-refractivity contribution < 1.29 is 13.9 Å². The largest absolute Gasteiger partial charge is 0.494 e. The van der Waals surface area contributed by atoms with Gasteiger partial charge in [0.05, 0.1) is 6.61 Å². The van der Waals surface area contributed by atoms with E-state index in [0.717, 1.165) is 61.9 Å². The van der Waals surface area contributed by atoms with Crippen molar-refractivity contribution in [1.82, 2.24) is 19.9 Å². The van der Waals surface area contributed by atoms with E-state index in [1.807, 2.05) is 60.7 Å². The topological polar surface area (TPSA) is 76.8 Å². The number of anilines is 1. The van der Waals surface area contributed by atoms with Gasteiger partial charge in [0.2, 0.25) is 11.8 Å². The number of halogens is 1. The van der Waals surface area contributed by atoms with Crippen LogP contribution < -0.4 is 14.4 Å². The molecule has 0 atom stereocenters. The lowest BCUT2D eigenvalue weighted by atomic mass is 10.2. The van der Waals surface area contributed by atoms with Gasteiger partial charge in [0.1, 0.15) is 22.8 Å². The van der Waals surface area contributed by atoms with Gasteiger partial charge < -0.3 is 18.8 Å². The molecule has 8 nitrogen and oxygen atoms in total. The quantitative estimate of drug-likeness (QED) is 0.201. The Hall–Kier alpha value is -4.14. The molecular weight excluding hydrogens is 514 g/mol. The second-order valence-corrected chi connectivity index (χ2v) is 9.74. The van der Waals surface area contributed by atoms with Gasteiger partial charge in [-0.05, 0) is 73.2 Å². The Kier molecular flexibility index (Phi) is 7.56. The van der Waals surface area contributed by atoms with Gasteiger partial charge in [-0.2, -0.15) is 0 Å². The fraction of sp³-hybridized carbons (Fsp3) is 0.233. The van der Waals surface area contributed by atoms with Crippen LogP contribution in [0.25, 0.3) is 22.6 Å². The summed E-state index contributed by atoms with van der Waals surface area (Å²) in [5.41, 5.74) is 2.32. The summed E-state index contributed by atoms with van der Waals surface area (Å²) in [6.45, 7) is 5.57. The van der Waals surface area contributed by atoms with Crippen LogP contribution in [0.1, 0.15) is 6.42 Å². The smallest absolute Gasteiger partial charge is 0.227 e. The lowest BCUT2D eigenvalue weighted by Gasteiger charge is -2.34. The van der Waals surface area contributed by atoms with Crippen molar-refractivity contribution >= 4 is 28.6 Å². The van der Waals surface area contributed by atoms with E-state index in [2.05, 4.69) is 24.8 Å². The van der Waals surface area contributed by atoms with Crippen LogP contribution in [0, 0.1) is 0 Å². The van der Waals surface area contributed by atoms with E-state index in [1.54, 1.807) is 24.5 Å². The molecule has 5 aromatic rings. The van der Waals surface area contributed by atoms with E-state index < -0.39 is 0 Å². The van der Waals surface area contributed by atoms with E-state index in [0.29, 0.717) is 34.6 Å². The first-order valence-electron chi connectivity index (χ1n) is 13.0. The van der Waals surface area contributed by atoms with E-state index in [-0.39, 0.29) is 0 Å². The number of rotatable bonds is 9. The van der Waals surface area contributed by atoms with Crippen LogP contribution in [0.5, 0.6) is 17.2 Å². The molecule has 198 valence electrons. The van der Waals surface area contributed by atoms with Crippen LogP contribution in [-0.4, -0.2) is 59.2 Å². The normalized spacial score (nSPS) is 14.0. The Balaban J connectivity index is 0.980. The van der Waals surface area contributed by atoms with E-state index in [1.165, 1.54) is 0 Å². The molecule has 0 unspecified atom stereocenters. The molecule has 0 aliphatic carbocycles. The summed E-state index contributed by atoms with van der Waals surface area (Å²) in [6.07, 6.45) is 4.55. The van der Waals surface area contributed by atoms with E-state index in [9.17, 15) is 0 Å². The standard InChI is InChI=1S/C30H28ClN5O3/c31-23-5-9-25(10-6-23)38-26-11-12-28-27(21-26)34-29(39-28)22-3-7-24(8-4-22)37-20-2-15-35-16-18-36(19-17-35)30-32-13-1-14-33-30/h1,3-14,21H,2,15-20H2. The molecule has 3 aromatic carbocycles. The van der Waals surface area contributed by atoms with E-state index >= 15 is 0 Å². The number of aromatic nitrogens is 3. The van der Waals surface area contributed by atoms with Crippen molar-refractivity contribution in [1.29, 1.82) is 0 Å². The Morgan fingerprint density at radius 2 is 1.54 bits per heavy atom. The molecule has 9 heteroatoms. The lowest BCUT2D eigenvalue weighted by molar-refractivity contribution is 0.224. The van der Waals surface area contributed by atoms with Crippen molar-refractivity contribution in [2.24, 2.45) is 0 Å². The van der Waals surface area contributed by atoms with Gasteiger partial charge >= 0.3 is 0 Å². The predicted molar refractivity (Wildman–Crippen MR) is 152 cm³/mol. The number of benzene rings is 3. The number of ether oxygens (including phenoxy) is 2. The fourth-order valence-electron chi connectivity index (χ4n) is 4.53. The number of oxazole rings is 1. The molecule has 1 fully saturated rings. The van der Waals surface area contributed by atoms with Crippen LogP contribution in [-0.2, 0) is 0 Å². The molecule has 3 heterocycles. The average Bonchev–Trinajstić information content (AvgIpc) is 3.41. The Morgan fingerprint density at radius 1 is 0.821 bits per heavy atom. The van der Waals surface area contributed by atoms with Crippen molar-refractivity contribution in [3.8, 4) is 28.7 Å². The number of fused-ring (bicyclic) bond motifs is 1. The molecule has 0 N–H and O–H groups in total. The lowest BCUT2D eigenvalue weighted by Crippen LogP contribution is -2.47. The highest BCUT2D eigenvalue weighted by Gasteiger charge is 2.18. The summed E-state index contributed by atoms with van der Waals surface area (Å²) in [7, 11) is 0. The van der Waals surface area contributed by atoms with Gasteiger partial charge in [-0.25, -0.2) is 15.0 Å². The molecule has 0 saturated carbocycles. The van der Waals surface area contributed by atoms with Gasteiger partial charge in [0.25, 0.3) is 0 Å². The predicted octanol–water partition coefficient (Wildman–Crippen LogP) is 6.32. The second-order valence-electron chi connectivity index (χ2n) is 9.31. The summed E-state index contributed by atoms with van der Waals surface area (Å²) in [5, 5.41) is 0.667. The monoisotopic (exact) mass is 541 g/mol. The van der Waals surface area contributed by atoms with Crippen LogP contribution in [0.3, 0.4) is 0 Å². The Labute approximate surface area is 231 Å². The molecule has 1 aliphatic rings. The summed E-state index contributed by atoms with van der Waals surface area (Å²) in [5.74, 6) is 3.59. The minimum Gasteiger partial charge on any atom is -0.494 e. The maximum absolute atomic E-state index is 5.98. The SMILES string of the molecule is Clc1ccc(Oc2ccc3oc(-c4ccc(OCCCN5CCN(c6ncccn6)CC5)cc4)nc3c2)cc1. The molecule has 2 aromatic heterocycles. The zero-order chi connectivity index (χ0) is 26.4. The third-order valence-electron chi connectivity index (χ3n) is 6.60. The molecule has 39 heavy (non-hydrogen) atoms. The highest BCUT2D eigenvalue weighted by Crippen LogP contribution is 2.30. The van der Waals surface area contributed by atoms with Crippen LogP contribution in [0.2, 0.25) is 5.02 Å². The maximum Gasteiger partial charge on any atom is 0.227 e. The summed E-state index contributed by atoms with van der Waals surface area (Å²) < 4.78 is 17.9. The maximum atomic E-state index is 5.98. The highest BCUT2D eigenvalue weighted by atomic mass is 35.5. The zero-order valence-corrected chi connectivity index (χ0v) is 22.1. The van der Waals surface area contributed by atoms with Gasteiger partial charge in [0, 0.05) is 61.8 Å². The number of piperazine rings is 1. The van der Waals surface area contributed by atoms with E-state index in [4.69, 9.17) is 25.5 Å². The highest BCUT2D eigenvalue weighted by molar-refractivity contribution is 6.30. The molecule has 0 spiro atoms. The average molecular weight is 542 g/mol. The van der Waals surface area contributed by atoms with Crippen LogP contribution in [0.4, 0.5) is 5.95 Å². The molecule has 0 amide bonds. The third-order valence-corrected chi connectivity index (χ3v) is 6.86. The summed E-state index contributed by atoms with van der Waals surface area (Å²) >= 11 is 5.95. The second kappa shape index (κ2) is 11.7. The van der Waals surface area contributed by atoms with Gasteiger partial charge in [-0.15, -0.1) is 0 Å². The number of hydrogen-bond donors (Lipinski definition) is 0. The van der Waals surface area contributed by atoms with Crippen molar-refractivity contribution in [2.45, 2.75) is 6.42 Å². The molecular formula is C30H28ClN5O3. The first-order chi connectivity index (χ1) is 19.2. The molecule has 1 saturated heterocycles. The van der Waals surface area contributed by atoms with Crippen molar-refractivity contribution in [3.63, 3.8) is 0 Å². The minimum atomic E-state index is 0.556. The zero-order valence-electron chi connectivity index (χ0n) is 21.4. The summed E-state index contributed by atoms with van der Waals surface area (Å²) in [4.78, 5) is 18.1. The third kappa shape index (κ3) is 6.30. The summed E-state index contributed by atoms with van der Waals surface area (Å²) in [6, 6.07) is 22.5. The Morgan fingerprint density at radius 3 is 2.31 bits per heavy atom. The first-order valence-corrected chi connectivity index (χ1v) is 13.4. The van der Waals surface area contributed by atoms with Gasteiger partial charge in [0.15, 0.2) is 5.58 Å². The first kappa shape index (κ1) is 25.2. The van der Waals surface area contributed by atoms with Crippen molar-refractivity contribution in [3.05, 3.63) is 90.2 Å². The molecule has 6 rings (SSSR count).